The van der Waals surface area contributed by atoms with Gasteiger partial charge in [0.15, 0.2) is 5.82 Å². The van der Waals surface area contributed by atoms with E-state index in [4.69, 9.17) is 0 Å². The summed E-state index contributed by atoms with van der Waals surface area (Å²) >= 11 is 0. The van der Waals surface area contributed by atoms with E-state index >= 15 is 0 Å². The first-order valence-corrected chi connectivity index (χ1v) is 6.60. The molecule has 20 heavy (non-hydrogen) atoms. The first-order chi connectivity index (χ1) is 9.58. The molecule has 0 spiro atoms. The van der Waals surface area contributed by atoms with Crippen molar-refractivity contribution in [1.29, 1.82) is 0 Å². The van der Waals surface area contributed by atoms with Crippen LogP contribution in [0, 0.1) is 18.6 Å². The number of hydrogen-bond donors (Lipinski definition) is 1. The molecule has 3 nitrogen and oxygen atoms in total. The van der Waals surface area contributed by atoms with Gasteiger partial charge in [-0.1, -0.05) is 6.92 Å². The SMILES string of the molecule is CCCNCc1cc(C)nc(-c2cc(F)cc(F)c2)n1. The molecule has 0 aliphatic carbocycles. The fraction of sp³-hybridized carbons (Fsp3) is 0.333. The molecule has 0 atom stereocenters. The van der Waals surface area contributed by atoms with Gasteiger partial charge in [0.05, 0.1) is 5.69 Å². The van der Waals surface area contributed by atoms with Gasteiger partial charge < -0.3 is 5.32 Å². The fourth-order valence-electron chi connectivity index (χ4n) is 1.93. The van der Waals surface area contributed by atoms with E-state index < -0.39 is 11.6 Å². The summed E-state index contributed by atoms with van der Waals surface area (Å²) in [5, 5.41) is 3.24. The molecule has 0 fully saturated rings. The van der Waals surface area contributed by atoms with E-state index in [-0.39, 0.29) is 0 Å². The fourth-order valence-corrected chi connectivity index (χ4v) is 1.93. The molecule has 0 saturated carbocycles. The van der Waals surface area contributed by atoms with Crippen LogP contribution in [0.2, 0.25) is 0 Å². The summed E-state index contributed by atoms with van der Waals surface area (Å²) in [5.74, 6) is -0.914. The highest BCUT2D eigenvalue weighted by Gasteiger charge is 2.08. The molecule has 2 rings (SSSR count). The molecule has 0 saturated heterocycles. The lowest BCUT2D eigenvalue weighted by Gasteiger charge is -2.07. The highest BCUT2D eigenvalue weighted by Crippen LogP contribution is 2.19. The van der Waals surface area contributed by atoms with Crippen LogP contribution in [0.5, 0.6) is 0 Å². The third-order valence-corrected chi connectivity index (χ3v) is 2.76. The Labute approximate surface area is 117 Å². The number of halogens is 2. The van der Waals surface area contributed by atoms with Crippen LogP contribution < -0.4 is 5.32 Å². The van der Waals surface area contributed by atoms with Crippen LogP contribution in [0.4, 0.5) is 8.78 Å². The van der Waals surface area contributed by atoms with E-state index in [0.717, 1.165) is 30.4 Å². The topological polar surface area (TPSA) is 37.8 Å². The molecule has 0 radical (unpaired) electrons. The molecule has 2 aromatic rings. The summed E-state index contributed by atoms with van der Waals surface area (Å²) < 4.78 is 26.5. The lowest BCUT2D eigenvalue weighted by molar-refractivity contribution is 0.584. The Morgan fingerprint density at radius 3 is 2.40 bits per heavy atom. The molecule has 0 unspecified atom stereocenters. The Morgan fingerprint density at radius 1 is 1.05 bits per heavy atom. The van der Waals surface area contributed by atoms with E-state index in [1.807, 2.05) is 13.0 Å². The minimum absolute atomic E-state index is 0.344. The van der Waals surface area contributed by atoms with Crippen LogP contribution in [0.3, 0.4) is 0 Å². The average molecular weight is 277 g/mol. The van der Waals surface area contributed by atoms with Gasteiger partial charge >= 0.3 is 0 Å². The zero-order chi connectivity index (χ0) is 14.5. The third kappa shape index (κ3) is 3.81. The molecular weight excluding hydrogens is 260 g/mol. The summed E-state index contributed by atoms with van der Waals surface area (Å²) in [5.41, 5.74) is 1.93. The lowest BCUT2D eigenvalue weighted by atomic mass is 10.2. The molecule has 0 aliphatic heterocycles. The highest BCUT2D eigenvalue weighted by molar-refractivity contribution is 5.55. The molecule has 1 heterocycles. The van der Waals surface area contributed by atoms with Crippen molar-refractivity contribution < 1.29 is 8.78 Å². The van der Waals surface area contributed by atoms with Gasteiger partial charge in [-0.25, -0.2) is 18.7 Å². The second kappa shape index (κ2) is 6.52. The van der Waals surface area contributed by atoms with Gasteiger partial charge in [0.25, 0.3) is 0 Å². The molecule has 5 heteroatoms. The van der Waals surface area contributed by atoms with Gasteiger partial charge in [-0.05, 0) is 38.1 Å². The minimum atomic E-state index is -0.629. The zero-order valence-electron chi connectivity index (χ0n) is 11.6. The van der Waals surface area contributed by atoms with E-state index in [9.17, 15) is 8.78 Å². The Hall–Kier alpha value is -1.88. The van der Waals surface area contributed by atoms with Gasteiger partial charge in [-0.15, -0.1) is 0 Å². The number of aryl methyl sites for hydroxylation is 1. The quantitative estimate of drug-likeness (QED) is 0.853. The van der Waals surface area contributed by atoms with Crippen molar-refractivity contribution in [2.75, 3.05) is 6.54 Å². The van der Waals surface area contributed by atoms with Crippen LogP contribution >= 0.6 is 0 Å². The predicted molar refractivity (Wildman–Crippen MR) is 74.1 cm³/mol. The first-order valence-electron chi connectivity index (χ1n) is 6.60. The van der Waals surface area contributed by atoms with E-state index in [2.05, 4.69) is 22.2 Å². The summed E-state index contributed by atoms with van der Waals surface area (Å²) in [6.45, 7) is 5.43. The molecule has 1 N–H and O–H groups in total. The van der Waals surface area contributed by atoms with Crippen LogP contribution in [-0.4, -0.2) is 16.5 Å². The molecular formula is C15H17F2N3. The van der Waals surface area contributed by atoms with Gasteiger partial charge in [0, 0.05) is 23.9 Å². The first kappa shape index (κ1) is 14.5. The monoisotopic (exact) mass is 277 g/mol. The third-order valence-electron chi connectivity index (χ3n) is 2.76. The Balaban J connectivity index is 2.31. The molecule has 106 valence electrons. The van der Waals surface area contributed by atoms with Crippen molar-refractivity contribution in [2.45, 2.75) is 26.8 Å². The molecule has 0 amide bonds. The molecule has 1 aromatic heterocycles. The number of benzene rings is 1. The second-order valence-electron chi connectivity index (χ2n) is 4.66. The number of nitrogens with zero attached hydrogens (tertiary/aromatic N) is 2. The maximum atomic E-state index is 13.3. The van der Waals surface area contributed by atoms with Crippen molar-refractivity contribution in [1.82, 2.24) is 15.3 Å². The Kier molecular flexibility index (Phi) is 4.74. The molecule has 0 aliphatic rings. The van der Waals surface area contributed by atoms with E-state index in [1.54, 1.807) is 0 Å². The van der Waals surface area contributed by atoms with Crippen molar-refractivity contribution in [3.63, 3.8) is 0 Å². The molecule has 1 aromatic carbocycles. The summed E-state index contributed by atoms with van der Waals surface area (Å²) in [4.78, 5) is 8.59. The van der Waals surface area contributed by atoms with E-state index in [0.29, 0.717) is 17.9 Å². The average Bonchev–Trinajstić information content (AvgIpc) is 2.37. The van der Waals surface area contributed by atoms with Crippen LogP contribution in [-0.2, 0) is 6.54 Å². The maximum Gasteiger partial charge on any atom is 0.159 e. The van der Waals surface area contributed by atoms with Gasteiger partial charge in [-0.3, -0.25) is 0 Å². The standard InChI is InChI=1S/C15H17F2N3/c1-3-4-18-9-14-5-10(2)19-15(20-14)11-6-12(16)8-13(17)7-11/h5-8,18H,3-4,9H2,1-2H3. The Morgan fingerprint density at radius 2 is 1.75 bits per heavy atom. The van der Waals surface area contributed by atoms with Gasteiger partial charge in [0.2, 0.25) is 0 Å². The predicted octanol–water partition coefficient (Wildman–Crippen LogP) is 3.23. The number of nitrogens with one attached hydrogen (secondary N) is 1. The normalized spacial score (nSPS) is 10.8. The summed E-state index contributed by atoms with van der Waals surface area (Å²) in [6.07, 6.45) is 1.03. The van der Waals surface area contributed by atoms with Crippen molar-refractivity contribution in [2.24, 2.45) is 0 Å². The van der Waals surface area contributed by atoms with Gasteiger partial charge in [0.1, 0.15) is 11.6 Å². The Bertz CT molecular complexity index is 579. The van der Waals surface area contributed by atoms with Gasteiger partial charge in [-0.2, -0.15) is 0 Å². The van der Waals surface area contributed by atoms with Crippen LogP contribution in [0.15, 0.2) is 24.3 Å². The maximum absolute atomic E-state index is 13.3. The van der Waals surface area contributed by atoms with Crippen LogP contribution in [0.1, 0.15) is 24.7 Å². The summed E-state index contributed by atoms with van der Waals surface area (Å²) in [7, 11) is 0. The van der Waals surface area contributed by atoms with Crippen LogP contribution in [0.25, 0.3) is 11.4 Å². The van der Waals surface area contributed by atoms with Crippen molar-refractivity contribution >= 4 is 0 Å². The lowest BCUT2D eigenvalue weighted by Crippen LogP contribution is -2.15. The zero-order valence-corrected chi connectivity index (χ0v) is 11.6. The smallest absolute Gasteiger partial charge is 0.159 e. The molecule has 0 bridgehead atoms. The van der Waals surface area contributed by atoms with Crippen molar-refractivity contribution in [3.8, 4) is 11.4 Å². The largest absolute Gasteiger partial charge is 0.311 e. The number of rotatable bonds is 5. The highest BCUT2D eigenvalue weighted by atomic mass is 19.1. The number of aromatic nitrogens is 2. The van der Waals surface area contributed by atoms with E-state index in [1.165, 1.54) is 12.1 Å². The number of hydrogen-bond acceptors (Lipinski definition) is 3. The minimum Gasteiger partial charge on any atom is -0.311 e. The summed E-state index contributed by atoms with van der Waals surface area (Å²) in [6, 6.07) is 5.17. The van der Waals surface area contributed by atoms with Crippen molar-refractivity contribution in [3.05, 3.63) is 47.3 Å². The second-order valence-corrected chi connectivity index (χ2v) is 4.66.